The van der Waals surface area contributed by atoms with E-state index < -0.39 is 5.54 Å². The van der Waals surface area contributed by atoms with Crippen LogP contribution >= 0.6 is 0 Å². The molecule has 1 amide bonds. The Bertz CT molecular complexity index is 276. The summed E-state index contributed by atoms with van der Waals surface area (Å²) in [6, 6.07) is 0. The van der Waals surface area contributed by atoms with Crippen molar-refractivity contribution in [2.24, 2.45) is 17.6 Å². The van der Waals surface area contributed by atoms with Gasteiger partial charge in [-0.05, 0) is 56.8 Å². The number of nitrogens with zero attached hydrogens (tertiary/aromatic N) is 1. The molecule has 0 aliphatic heterocycles. The van der Waals surface area contributed by atoms with E-state index in [1.165, 1.54) is 25.7 Å². The number of carbonyl (C=O) groups is 1. The summed E-state index contributed by atoms with van der Waals surface area (Å²) in [5, 5.41) is 0. The molecule has 0 heterocycles. The van der Waals surface area contributed by atoms with Crippen LogP contribution in [0.3, 0.4) is 0 Å². The molecular formula is C13H22N2O. The van der Waals surface area contributed by atoms with Gasteiger partial charge in [0.2, 0.25) is 5.91 Å². The summed E-state index contributed by atoms with van der Waals surface area (Å²) in [6.07, 6.45) is 8.17. The van der Waals surface area contributed by atoms with Gasteiger partial charge in [-0.25, -0.2) is 0 Å². The highest BCUT2D eigenvalue weighted by Gasteiger charge is 2.44. The summed E-state index contributed by atoms with van der Waals surface area (Å²) >= 11 is 0. The van der Waals surface area contributed by atoms with Crippen LogP contribution < -0.4 is 5.73 Å². The lowest BCUT2D eigenvalue weighted by atomic mass is 9.76. The third-order valence-electron chi connectivity index (χ3n) is 4.31. The molecular weight excluding hydrogens is 200 g/mol. The summed E-state index contributed by atoms with van der Waals surface area (Å²) in [4.78, 5) is 14.5. The van der Waals surface area contributed by atoms with Gasteiger partial charge in [-0.2, -0.15) is 0 Å². The van der Waals surface area contributed by atoms with E-state index in [9.17, 15) is 4.79 Å². The normalized spacial score (nSPS) is 27.3. The van der Waals surface area contributed by atoms with Crippen LogP contribution in [0.15, 0.2) is 0 Å². The number of rotatable bonds is 5. The third-order valence-corrected chi connectivity index (χ3v) is 4.31. The van der Waals surface area contributed by atoms with Gasteiger partial charge in [0.05, 0.1) is 5.54 Å². The van der Waals surface area contributed by atoms with Gasteiger partial charge in [-0.3, -0.25) is 4.79 Å². The number of carbonyl (C=O) groups excluding carboxylic acids is 1. The van der Waals surface area contributed by atoms with E-state index in [1.54, 1.807) is 0 Å². The molecule has 2 N–H and O–H groups in total. The van der Waals surface area contributed by atoms with Gasteiger partial charge in [-0.15, -0.1) is 0 Å². The first-order valence-electron chi connectivity index (χ1n) is 6.76. The molecule has 0 radical (unpaired) electrons. The summed E-state index contributed by atoms with van der Waals surface area (Å²) in [5.74, 6) is 1.82. The number of amides is 1. The highest BCUT2D eigenvalue weighted by molar-refractivity contribution is 5.87. The van der Waals surface area contributed by atoms with E-state index in [0.717, 1.165) is 44.2 Å². The van der Waals surface area contributed by atoms with Gasteiger partial charge >= 0.3 is 0 Å². The average Bonchev–Trinajstić information content (AvgIpc) is 3.05. The Labute approximate surface area is 97.4 Å². The Morgan fingerprint density at radius 3 is 1.94 bits per heavy atom. The quantitative estimate of drug-likeness (QED) is 0.766. The SMILES string of the molecule is NC1(C(=O)N(CC2CC2)CC2CC2)CCC1. The molecule has 16 heavy (non-hydrogen) atoms. The molecule has 0 unspecified atom stereocenters. The number of nitrogens with two attached hydrogens (primary N) is 1. The zero-order chi connectivity index (χ0) is 11.2. The molecule has 90 valence electrons. The Morgan fingerprint density at radius 2 is 1.62 bits per heavy atom. The molecule has 3 aliphatic carbocycles. The molecule has 0 atom stereocenters. The van der Waals surface area contributed by atoms with E-state index in [-0.39, 0.29) is 5.91 Å². The van der Waals surface area contributed by atoms with Crippen molar-refractivity contribution >= 4 is 5.91 Å². The van der Waals surface area contributed by atoms with Crippen molar-refractivity contribution in [1.82, 2.24) is 4.90 Å². The van der Waals surface area contributed by atoms with E-state index in [0.29, 0.717) is 0 Å². The maximum atomic E-state index is 12.4. The van der Waals surface area contributed by atoms with E-state index >= 15 is 0 Å². The first-order chi connectivity index (χ1) is 7.67. The maximum Gasteiger partial charge on any atom is 0.242 e. The van der Waals surface area contributed by atoms with Crippen LogP contribution in [0.25, 0.3) is 0 Å². The zero-order valence-electron chi connectivity index (χ0n) is 9.95. The zero-order valence-corrected chi connectivity index (χ0v) is 9.95. The van der Waals surface area contributed by atoms with Crippen molar-refractivity contribution in [2.45, 2.75) is 50.5 Å². The fourth-order valence-corrected chi connectivity index (χ4v) is 2.55. The van der Waals surface area contributed by atoms with Crippen LogP contribution in [0.4, 0.5) is 0 Å². The average molecular weight is 222 g/mol. The predicted molar refractivity (Wildman–Crippen MR) is 62.8 cm³/mol. The second-order valence-electron chi connectivity index (χ2n) is 6.11. The van der Waals surface area contributed by atoms with Crippen molar-refractivity contribution in [3.05, 3.63) is 0 Å². The van der Waals surface area contributed by atoms with Crippen molar-refractivity contribution in [1.29, 1.82) is 0 Å². The first kappa shape index (κ1) is 10.6. The summed E-state index contributed by atoms with van der Waals surface area (Å²) in [6.45, 7) is 1.96. The van der Waals surface area contributed by atoms with Crippen LogP contribution in [0, 0.1) is 11.8 Å². The molecule has 3 saturated carbocycles. The van der Waals surface area contributed by atoms with Crippen LogP contribution in [0.1, 0.15) is 44.9 Å². The fraction of sp³-hybridized carbons (Fsp3) is 0.923. The molecule has 0 bridgehead atoms. The minimum Gasteiger partial charge on any atom is -0.341 e. The summed E-state index contributed by atoms with van der Waals surface area (Å²) < 4.78 is 0. The van der Waals surface area contributed by atoms with E-state index in [4.69, 9.17) is 5.73 Å². The van der Waals surface area contributed by atoms with Crippen LogP contribution in [-0.4, -0.2) is 29.4 Å². The predicted octanol–water partition coefficient (Wildman–Crippen LogP) is 1.52. The lowest BCUT2D eigenvalue weighted by molar-refractivity contribution is -0.140. The fourth-order valence-electron chi connectivity index (χ4n) is 2.55. The standard InChI is InChI=1S/C13H22N2O/c14-13(6-1-7-13)12(16)15(8-10-2-3-10)9-11-4-5-11/h10-11H,1-9,14H2. The smallest absolute Gasteiger partial charge is 0.242 e. The minimum atomic E-state index is -0.482. The molecule has 0 aromatic carbocycles. The molecule has 0 spiro atoms. The highest BCUT2D eigenvalue weighted by Crippen LogP contribution is 2.37. The lowest BCUT2D eigenvalue weighted by Gasteiger charge is -2.40. The maximum absolute atomic E-state index is 12.4. The monoisotopic (exact) mass is 222 g/mol. The van der Waals surface area contributed by atoms with Gasteiger partial charge in [0.15, 0.2) is 0 Å². The first-order valence-corrected chi connectivity index (χ1v) is 6.76. The van der Waals surface area contributed by atoms with Gasteiger partial charge < -0.3 is 10.6 Å². The Kier molecular flexibility index (Phi) is 2.46. The largest absolute Gasteiger partial charge is 0.341 e. The Balaban J connectivity index is 1.62. The lowest BCUT2D eigenvalue weighted by Crippen LogP contribution is -2.60. The van der Waals surface area contributed by atoms with Crippen molar-refractivity contribution in [3.8, 4) is 0 Å². The van der Waals surface area contributed by atoms with Crippen LogP contribution in [0.5, 0.6) is 0 Å². The second-order valence-corrected chi connectivity index (χ2v) is 6.11. The highest BCUT2D eigenvalue weighted by atomic mass is 16.2. The molecule has 3 fully saturated rings. The Morgan fingerprint density at radius 1 is 1.12 bits per heavy atom. The van der Waals surface area contributed by atoms with Gasteiger partial charge in [0.1, 0.15) is 0 Å². The van der Waals surface area contributed by atoms with E-state index in [1.807, 2.05) is 0 Å². The van der Waals surface area contributed by atoms with Crippen molar-refractivity contribution < 1.29 is 4.79 Å². The number of hydrogen-bond donors (Lipinski definition) is 1. The van der Waals surface area contributed by atoms with Crippen LogP contribution in [-0.2, 0) is 4.79 Å². The Hall–Kier alpha value is -0.570. The summed E-state index contributed by atoms with van der Waals surface area (Å²) in [7, 11) is 0. The van der Waals surface area contributed by atoms with Gasteiger partial charge in [0, 0.05) is 13.1 Å². The molecule has 0 saturated heterocycles. The molecule has 0 aromatic heterocycles. The van der Waals surface area contributed by atoms with Gasteiger partial charge in [0.25, 0.3) is 0 Å². The molecule has 3 rings (SSSR count). The van der Waals surface area contributed by atoms with Crippen molar-refractivity contribution in [2.75, 3.05) is 13.1 Å². The molecule has 0 aromatic rings. The van der Waals surface area contributed by atoms with Crippen molar-refractivity contribution in [3.63, 3.8) is 0 Å². The topological polar surface area (TPSA) is 46.3 Å². The molecule has 3 heteroatoms. The van der Waals surface area contributed by atoms with E-state index in [2.05, 4.69) is 4.90 Å². The second kappa shape index (κ2) is 3.73. The van der Waals surface area contributed by atoms with Crippen LogP contribution in [0.2, 0.25) is 0 Å². The third kappa shape index (κ3) is 2.10. The molecule has 3 nitrogen and oxygen atoms in total. The minimum absolute atomic E-state index is 0.248. The summed E-state index contributed by atoms with van der Waals surface area (Å²) in [5.41, 5.74) is 5.67. The van der Waals surface area contributed by atoms with Gasteiger partial charge in [-0.1, -0.05) is 0 Å². The number of hydrogen-bond acceptors (Lipinski definition) is 2. The molecule has 3 aliphatic rings.